The summed E-state index contributed by atoms with van der Waals surface area (Å²) >= 11 is 0. The molecule has 82 valence electrons. The lowest BCUT2D eigenvalue weighted by atomic mass is 10.4. The van der Waals surface area contributed by atoms with Crippen molar-refractivity contribution in [3.63, 3.8) is 0 Å². The van der Waals surface area contributed by atoms with Crippen LogP contribution in [0.15, 0.2) is 18.2 Å². The van der Waals surface area contributed by atoms with Crippen molar-refractivity contribution in [1.82, 2.24) is 4.98 Å². The molecule has 0 saturated heterocycles. The number of halogens is 1. The molecule has 4 nitrogen and oxygen atoms in total. The van der Waals surface area contributed by atoms with Gasteiger partial charge < -0.3 is 10.1 Å². The number of anilines is 1. The Morgan fingerprint density at radius 2 is 2.40 bits per heavy atom. The van der Waals surface area contributed by atoms with Crippen molar-refractivity contribution in [1.29, 1.82) is 0 Å². The van der Waals surface area contributed by atoms with Crippen LogP contribution in [0.1, 0.15) is 13.3 Å². The zero-order valence-corrected chi connectivity index (χ0v) is 8.50. The van der Waals surface area contributed by atoms with Crippen molar-refractivity contribution in [2.45, 2.75) is 13.3 Å². The molecule has 1 heterocycles. The number of nitrogens with one attached hydrogen (secondary N) is 1. The van der Waals surface area contributed by atoms with Crippen LogP contribution in [-0.2, 0) is 9.53 Å². The highest BCUT2D eigenvalue weighted by molar-refractivity contribution is 5.90. The molecule has 0 fully saturated rings. The van der Waals surface area contributed by atoms with E-state index in [-0.39, 0.29) is 18.3 Å². The molecule has 1 aromatic rings. The Balaban J connectivity index is 2.37. The number of hydrogen-bond donors (Lipinski definition) is 1. The number of nitrogens with zero attached hydrogens (tertiary/aromatic N) is 1. The van der Waals surface area contributed by atoms with Gasteiger partial charge in [0.1, 0.15) is 12.4 Å². The molecule has 0 spiro atoms. The minimum Gasteiger partial charge on any atom is -0.372 e. The molecule has 0 unspecified atom stereocenters. The molecule has 0 radical (unpaired) electrons. The fourth-order valence-corrected chi connectivity index (χ4v) is 0.966. The van der Waals surface area contributed by atoms with E-state index in [1.807, 2.05) is 6.92 Å². The van der Waals surface area contributed by atoms with Crippen molar-refractivity contribution >= 4 is 11.7 Å². The number of aromatic nitrogens is 1. The molecule has 15 heavy (non-hydrogen) atoms. The Morgan fingerprint density at radius 1 is 1.60 bits per heavy atom. The van der Waals surface area contributed by atoms with Gasteiger partial charge in [-0.05, 0) is 18.6 Å². The van der Waals surface area contributed by atoms with Gasteiger partial charge in [-0.2, -0.15) is 4.39 Å². The van der Waals surface area contributed by atoms with Crippen LogP contribution in [-0.4, -0.2) is 24.1 Å². The Labute approximate surface area is 87.5 Å². The second-order valence-electron chi connectivity index (χ2n) is 2.95. The van der Waals surface area contributed by atoms with Gasteiger partial charge in [0, 0.05) is 6.61 Å². The van der Waals surface area contributed by atoms with Crippen molar-refractivity contribution < 1.29 is 13.9 Å². The third-order valence-corrected chi connectivity index (χ3v) is 1.56. The zero-order valence-electron chi connectivity index (χ0n) is 8.50. The lowest BCUT2D eigenvalue weighted by molar-refractivity contribution is -0.120. The third-order valence-electron chi connectivity index (χ3n) is 1.56. The summed E-state index contributed by atoms with van der Waals surface area (Å²) in [7, 11) is 0. The molecule has 5 heteroatoms. The van der Waals surface area contributed by atoms with Crippen molar-refractivity contribution in [3.8, 4) is 0 Å². The molecule has 0 bridgehead atoms. The van der Waals surface area contributed by atoms with Crippen molar-refractivity contribution in [2.75, 3.05) is 18.5 Å². The average Bonchev–Trinajstić information content (AvgIpc) is 2.18. The quantitative estimate of drug-likeness (QED) is 0.595. The highest BCUT2D eigenvalue weighted by Crippen LogP contribution is 2.02. The van der Waals surface area contributed by atoms with Crippen molar-refractivity contribution in [2.24, 2.45) is 0 Å². The van der Waals surface area contributed by atoms with Gasteiger partial charge in [-0.15, -0.1) is 0 Å². The molecule has 0 aliphatic heterocycles. The first-order chi connectivity index (χ1) is 7.22. The fourth-order valence-electron chi connectivity index (χ4n) is 0.966. The van der Waals surface area contributed by atoms with E-state index in [1.165, 1.54) is 18.2 Å². The molecule has 0 aromatic carbocycles. The van der Waals surface area contributed by atoms with E-state index in [9.17, 15) is 9.18 Å². The lowest BCUT2D eigenvalue weighted by Gasteiger charge is -2.04. The molecular formula is C10H13FN2O2. The van der Waals surface area contributed by atoms with Crippen molar-refractivity contribution in [3.05, 3.63) is 24.1 Å². The van der Waals surface area contributed by atoms with Gasteiger partial charge in [-0.25, -0.2) is 4.98 Å². The van der Waals surface area contributed by atoms with Gasteiger partial charge in [0.25, 0.3) is 5.91 Å². The minimum atomic E-state index is -0.623. The Morgan fingerprint density at radius 3 is 3.07 bits per heavy atom. The number of pyridine rings is 1. The summed E-state index contributed by atoms with van der Waals surface area (Å²) in [6, 6.07) is 4.20. The van der Waals surface area contributed by atoms with Gasteiger partial charge in [0.2, 0.25) is 5.95 Å². The Kier molecular flexibility index (Phi) is 4.70. The van der Waals surface area contributed by atoms with Crippen LogP contribution in [0.5, 0.6) is 0 Å². The van der Waals surface area contributed by atoms with Crippen LogP contribution in [0.3, 0.4) is 0 Å². The summed E-state index contributed by atoms with van der Waals surface area (Å²) in [5.41, 5.74) is 0. The lowest BCUT2D eigenvalue weighted by Crippen LogP contribution is -2.19. The van der Waals surface area contributed by atoms with Crippen LogP contribution < -0.4 is 5.32 Å². The topological polar surface area (TPSA) is 51.2 Å². The minimum absolute atomic E-state index is 0.0357. The fraction of sp³-hybridized carbons (Fsp3) is 0.400. The number of hydrogen-bond acceptors (Lipinski definition) is 3. The van der Waals surface area contributed by atoms with E-state index < -0.39 is 5.95 Å². The van der Waals surface area contributed by atoms with Gasteiger partial charge in [0.15, 0.2) is 0 Å². The summed E-state index contributed by atoms with van der Waals surface area (Å²) in [4.78, 5) is 14.7. The SMILES string of the molecule is CCCOCC(=O)Nc1cccc(F)n1. The van der Waals surface area contributed by atoms with Gasteiger partial charge in [0.05, 0.1) is 0 Å². The molecular weight excluding hydrogens is 199 g/mol. The number of rotatable bonds is 5. The summed E-state index contributed by atoms with van der Waals surface area (Å²) in [5.74, 6) is -0.760. The predicted octanol–water partition coefficient (Wildman–Crippen LogP) is 1.59. The van der Waals surface area contributed by atoms with Crippen LogP contribution >= 0.6 is 0 Å². The maximum atomic E-state index is 12.6. The predicted molar refractivity (Wildman–Crippen MR) is 53.9 cm³/mol. The number of amides is 1. The summed E-state index contributed by atoms with van der Waals surface area (Å²) in [6.45, 7) is 2.45. The first-order valence-corrected chi connectivity index (χ1v) is 4.72. The normalized spacial score (nSPS) is 10.0. The molecule has 0 saturated carbocycles. The first kappa shape index (κ1) is 11.6. The standard InChI is InChI=1S/C10H13FN2O2/c1-2-6-15-7-10(14)13-9-5-3-4-8(11)12-9/h3-5H,2,6-7H2,1H3,(H,12,13,14). The van der Waals surface area contributed by atoms with E-state index >= 15 is 0 Å². The van der Waals surface area contributed by atoms with Crippen LogP contribution in [0.4, 0.5) is 10.2 Å². The van der Waals surface area contributed by atoms with E-state index in [0.717, 1.165) is 6.42 Å². The molecule has 1 aromatic heterocycles. The van der Waals surface area contributed by atoms with Crippen LogP contribution in [0, 0.1) is 5.95 Å². The Bertz CT molecular complexity index is 331. The molecule has 0 aliphatic carbocycles. The summed E-state index contributed by atoms with van der Waals surface area (Å²) < 4.78 is 17.6. The monoisotopic (exact) mass is 212 g/mol. The van der Waals surface area contributed by atoms with Gasteiger partial charge in [-0.1, -0.05) is 13.0 Å². The maximum absolute atomic E-state index is 12.6. The summed E-state index contributed by atoms with van der Waals surface area (Å²) in [6.07, 6.45) is 0.853. The van der Waals surface area contributed by atoms with E-state index in [0.29, 0.717) is 6.61 Å². The number of carbonyl (C=O) groups is 1. The van der Waals surface area contributed by atoms with Gasteiger partial charge in [-0.3, -0.25) is 4.79 Å². The number of carbonyl (C=O) groups excluding carboxylic acids is 1. The highest BCUT2D eigenvalue weighted by atomic mass is 19.1. The smallest absolute Gasteiger partial charge is 0.251 e. The maximum Gasteiger partial charge on any atom is 0.251 e. The average molecular weight is 212 g/mol. The first-order valence-electron chi connectivity index (χ1n) is 4.72. The Hall–Kier alpha value is -1.49. The van der Waals surface area contributed by atoms with Crippen LogP contribution in [0.25, 0.3) is 0 Å². The van der Waals surface area contributed by atoms with E-state index in [2.05, 4.69) is 10.3 Å². The van der Waals surface area contributed by atoms with Gasteiger partial charge >= 0.3 is 0 Å². The molecule has 1 rings (SSSR count). The zero-order chi connectivity index (χ0) is 11.1. The molecule has 1 N–H and O–H groups in total. The highest BCUT2D eigenvalue weighted by Gasteiger charge is 2.03. The second-order valence-corrected chi connectivity index (χ2v) is 2.95. The number of ether oxygens (including phenoxy) is 1. The second kappa shape index (κ2) is 6.08. The van der Waals surface area contributed by atoms with Crippen LogP contribution in [0.2, 0.25) is 0 Å². The molecule has 0 aliphatic rings. The summed E-state index contributed by atoms with van der Waals surface area (Å²) in [5, 5.41) is 2.43. The van der Waals surface area contributed by atoms with E-state index in [4.69, 9.17) is 4.74 Å². The van der Waals surface area contributed by atoms with E-state index in [1.54, 1.807) is 0 Å². The third kappa shape index (κ3) is 4.51. The molecule has 1 amide bonds. The molecule has 0 atom stereocenters. The largest absolute Gasteiger partial charge is 0.372 e.